The first-order valence-electron chi connectivity index (χ1n) is 17.4. The van der Waals surface area contributed by atoms with Crippen LogP contribution in [0.3, 0.4) is 0 Å². The number of hydrogen-bond acceptors (Lipinski definition) is 1. The summed E-state index contributed by atoms with van der Waals surface area (Å²) in [6, 6.07) is 65.5. The predicted molar refractivity (Wildman–Crippen MR) is 213 cm³/mol. The molecule has 0 amide bonds. The molecule has 0 bridgehead atoms. The van der Waals surface area contributed by atoms with Crippen molar-refractivity contribution < 1.29 is 4.42 Å². The molecule has 3 aromatic heterocycles. The van der Waals surface area contributed by atoms with Gasteiger partial charge in [-0.2, -0.15) is 0 Å². The van der Waals surface area contributed by atoms with Gasteiger partial charge >= 0.3 is 0 Å². The van der Waals surface area contributed by atoms with Crippen LogP contribution in [0.2, 0.25) is 0 Å². The molecule has 51 heavy (non-hydrogen) atoms. The smallest absolute Gasteiger partial charge is 0.137 e. The van der Waals surface area contributed by atoms with E-state index in [9.17, 15) is 0 Å². The summed E-state index contributed by atoms with van der Waals surface area (Å²) >= 11 is 0. The minimum Gasteiger partial charge on any atom is -0.456 e. The highest BCUT2D eigenvalue weighted by molar-refractivity contribution is 6.19. The van der Waals surface area contributed by atoms with Crippen molar-refractivity contribution in [3.05, 3.63) is 182 Å². The molecule has 238 valence electrons. The van der Waals surface area contributed by atoms with Gasteiger partial charge in [0.05, 0.1) is 33.1 Å². The molecule has 8 aromatic carbocycles. The van der Waals surface area contributed by atoms with Gasteiger partial charge in [0, 0.05) is 32.6 Å². The first kappa shape index (κ1) is 28.0. The van der Waals surface area contributed by atoms with Crippen molar-refractivity contribution in [2.75, 3.05) is 0 Å². The van der Waals surface area contributed by atoms with Crippen LogP contribution >= 0.6 is 0 Å². The summed E-state index contributed by atoms with van der Waals surface area (Å²) < 4.78 is 11.2. The van der Waals surface area contributed by atoms with Crippen LogP contribution in [0, 0.1) is 0 Å². The summed E-state index contributed by atoms with van der Waals surface area (Å²) in [5, 5.41) is 7.21. The van der Waals surface area contributed by atoms with Gasteiger partial charge in [-0.25, -0.2) is 0 Å². The molecular formula is C48H30N2O. The Morgan fingerprint density at radius 1 is 0.333 bits per heavy atom. The van der Waals surface area contributed by atoms with E-state index in [-0.39, 0.29) is 0 Å². The number of nitrogens with zero attached hydrogens (tertiary/aromatic N) is 2. The second-order valence-corrected chi connectivity index (χ2v) is 13.3. The lowest BCUT2D eigenvalue weighted by atomic mass is 9.97. The largest absolute Gasteiger partial charge is 0.456 e. The lowest BCUT2D eigenvalue weighted by Gasteiger charge is -2.11. The zero-order valence-corrected chi connectivity index (χ0v) is 27.6. The molecule has 0 aliphatic heterocycles. The van der Waals surface area contributed by atoms with Crippen molar-refractivity contribution in [3.8, 4) is 33.6 Å². The molecule has 0 spiro atoms. The van der Waals surface area contributed by atoms with E-state index in [4.69, 9.17) is 4.42 Å². The third kappa shape index (κ3) is 4.12. The van der Waals surface area contributed by atoms with Crippen molar-refractivity contribution in [1.29, 1.82) is 0 Å². The standard InChI is InChI=1S/C48H30N2O/c1-3-13-31(14-4-1)35-19-11-21-43-47(35)39-30-33(26-28-42(39)50(43)44-22-12-24-46-48(44)37-18-8-10-23-45(37)51-46)32-25-27-41-38(29-32)36-17-7-9-20-40(36)49(41)34-15-5-2-6-16-34/h1-30H. The van der Waals surface area contributed by atoms with Crippen molar-refractivity contribution >= 4 is 65.6 Å². The zero-order valence-electron chi connectivity index (χ0n) is 27.6. The Morgan fingerprint density at radius 3 is 1.76 bits per heavy atom. The quantitative estimate of drug-likeness (QED) is 0.186. The van der Waals surface area contributed by atoms with E-state index < -0.39 is 0 Å². The van der Waals surface area contributed by atoms with Crippen LogP contribution in [-0.2, 0) is 0 Å². The van der Waals surface area contributed by atoms with Crippen molar-refractivity contribution in [2.45, 2.75) is 0 Å². The van der Waals surface area contributed by atoms with Crippen molar-refractivity contribution in [2.24, 2.45) is 0 Å². The molecule has 0 radical (unpaired) electrons. The SMILES string of the molecule is c1ccc(-c2cccc3c2c2cc(-c4ccc5c(c4)c4ccccc4n5-c4ccccc4)ccc2n3-c2cccc3oc4ccccc4c23)cc1. The number of aromatic nitrogens is 2. The van der Waals surface area contributed by atoms with Crippen LogP contribution in [-0.4, -0.2) is 9.13 Å². The number of benzene rings is 8. The van der Waals surface area contributed by atoms with Gasteiger partial charge < -0.3 is 13.6 Å². The van der Waals surface area contributed by atoms with Gasteiger partial charge in [0.15, 0.2) is 0 Å². The van der Waals surface area contributed by atoms with Gasteiger partial charge in [-0.1, -0.05) is 115 Å². The molecule has 0 atom stereocenters. The Balaban J connectivity index is 1.20. The molecular weight excluding hydrogens is 621 g/mol. The maximum atomic E-state index is 6.37. The molecule has 3 nitrogen and oxygen atoms in total. The number of furan rings is 1. The normalized spacial score (nSPS) is 11.9. The number of hydrogen-bond donors (Lipinski definition) is 0. The van der Waals surface area contributed by atoms with Gasteiger partial charge in [-0.15, -0.1) is 0 Å². The topological polar surface area (TPSA) is 23.0 Å². The predicted octanol–water partition coefficient (Wildman–Crippen LogP) is 13.1. The van der Waals surface area contributed by atoms with Gasteiger partial charge in [0.1, 0.15) is 11.2 Å². The fraction of sp³-hybridized carbons (Fsp3) is 0. The second kappa shape index (κ2) is 10.8. The fourth-order valence-corrected chi connectivity index (χ4v) is 8.32. The van der Waals surface area contributed by atoms with E-state index >= 15 is 0 Å². The van der Waals surface area contributed by atoms with Crippen molar-refractivity contribution in [3.63, 3.8) is 0 Å². The first-order valence-corrected chi connectivity index (χ1v) is 17.4. The molecule has 0 aliphatic rings. The van der Waals surface area contributed by atoms with E-state index in [1.807, 2.05) is 6.07 Å². The zero-order chi connectivity index (χ0) is 33.5. The van der Waals surface area contributed by atoms with Crippen LogP contribution in [0.5, 0.6) is 0 Å². The van der Waals surface area contributed by atoms with Gasteiger partial charge in [-0.3, -0.25) is 0 Å². The van der Waals surface area contributed by atoms with E-state index in [2.05, 4.69) is 185 Å². The molecule has 11 rings (SSSR count). The minimum atomic E-state index is 0.891. The Morgan fingerprint density at radius 2 is 0.941 bits per heavy atom. The Labute approximate surface area is 293 Å². The highest BCUT2D eigenvalue weighted by Gasteiger charge is 2.21. The monoisotopic (exact) mass is 650 g/mol. The summed E-state index contributed by atoms with van der Waals surface area (Å²) in [4.78, 5) is 0. The fourth-order valence-electron chi connectivity index (χ4n) is 8.32. The van der Waals surface area contributed by atoms with E-state index in [0.29, 0.717) is 0 Å². The third-order valence-corrected chi connectivity index (χ3v) is 10.5. The van der Waals surface area contributed by atoms with Gasteiger partial charge in [0.2, 0.25) is 0 Å². The molecule has 3 heteroatoms. The molecule has 11 aromatic rings. The summed E-state index contributed by atoms with van der Waals surface area (Å²) in [6.45, 7) is 0. The number of fused-ring (bicyclic) bond motifs is 9. The van der Waals surface area contributed by atoms with E-state index in [1.54, 1.807) is 0 Å². The van der Waals surface area contributed by atoms with Crippen LogP contribution in [0.25, 0.3) is 99.2 Å². The lowest BCUT2D eigenvalue weighted by molar-refractivity contribution is 0.669. The lowest BCUT2D eigenvalue weighted by Crippen LogP contribution is -1.94. The highest BCUT2D eigenvalue weighted by Crippen LogP contribution is 2.43. The number of rotatable bonds is 4. The molecule has 0 fully saturated rings. The van der Waals surface area contributed by atoms with Gasteiger partial charge in [0.25, 0.3) is 0 Å². The van der Waals surface area contributed by atoms with Crippen LogP contribution in [0.1, 0.15) is 0 Å². The molecule has 0 saturated carbocycles. The summed E-state index contributed by atoms with van der Waals surface area (Å²) in [5.41, 5.74) is 13.6. The molecule has 0 N–H and O–H groups in total. The Hall–Kier alpha value is -6.84. The van der Waals surface area contributed by atoms with Crippen LogP contribution in [0.15, 0.2) is 186 Å². The van der Waals surface area contributed by atoms with E-state index in [1.165, 1.54) is 66.0 Å². The summed E-state index contributed by atoms with van der Waals surface area (Å²) in [7, 11) is 0. The maximum absolute atomic E-state index is 6.37. The molecule has 3 heterocycles. The minimum absolute atomic E-state index is 0.891. The molecule has 0 aliphatic carbocycles. The Bertz CT molecular complexity index is 3130. The number of para-hydroxylation sites is 3. The molecule has 0 saturated heterocycles. The maximum Gasteiger partial charge on any atom is 0.137 e. The van der Waals surface area contributed by atoms with E-state index in [0.717, 1.165) is 33.1 Å². The summed E-state index contributed by atoms with van der Waals surface area (Å²) in [6.07, 6.45) is 0. The average Bonchev–Trinajstić information content (AvgIpc) is 3.86. The van der Waals surface area contributed by atoms with Crippen molar-refractivity contribution in [1.82, 2.24) is 9.13 Å². The van der Waals surface area contributed by atoms with Gasteiger partial charge in [-0.05, 0) is 89.0 Å². The Kier molecular flexibility index (Phi) is 5.96. The first-order chi connectivity index (χ1) is 25.3. The van der Waals surface area contributed by atoms with Crippen LogP contribution < -0.4 is 0 Å². The molecule has 0 unspecified atom stereocenters. The average molecular weight is 651 g/mol. The summed E-state index contributed by atoms with van der Waals surface area (Å²) in [5.74, 6) is 0. The third-order valence-electron chi connectivity index (χ3n) is 10.5. The highest BCUT2D eigenvalue weighted by atomic mass is 16.3. The second-order valence-electron chi connectivity index (χ2n) is 13.3. The van der Waals surface area contributed by atoms with Crippen LogP contribution in [0.4, 0.5) is 0 Å².